The molecule has 1 unspecified atom stereocenters. The Hall–Kier alpha value is -0.120. The van der Waals surface area contributed by atoms with E-state index in [2.05, 4.69) is 16.8 Å². The molecule has 2 heterocycles. The van der Waals surface area contributed by atoms with Crippen molar-refractivity contribution in [1.82, 2.24) is 9.80 Å². The number of nitrogens with zero attached hydrogens (tertiary/aromatic N) is 2. The minimum Gasteiger partial charge on any atom is -0.379 e. The SMILES string of the molecule is CN1C[C@@H]2C(N3CCOCC3)[C@@H]2C1. The maximum absolute atomic E-state index is 5.37. The molecule has 2 aliphatic heterocycles. The normalized spacial score (nSPS) is 46.4. The van der Waals surface area contributed by atoms with E-state index < -0.39 is 0 Å². The van der Waals surface area contributed by atoms with Gasteiger partial charge in [0.1, 0.15) is 0 Å². The standard InChI is InChI=1S/C10H18N2O/c1-11-6-8-9(7-11)10(8)12-2-4-13-5-3-12/h8-10H,2-7H2,1H3/t8-,9+,10?. The molecule has 1 saturated carbocycles. The lowest BCUT2D eigenvalue weighted by molar-refractivity contribution is 0.0265. The molecule has 0 amide bonds. The maximum atomic E-state index is 5.37. The van der Waals surface area contributed by atoms with E-state index in [9.17, 15) is 0 Å². The van der Waals surface area contributed by atoms with E-state index in [1.807, 2.05) is 0 Å². The summed E-state index contributed by atoms with van der Waals surface area (Å²) >= 11 is 0. The van der Waals surface area contributed by atoms with Crippen molar-refractivity contribution >= 4 is 0 Å². The molecule has 3 rings (SSSR count). The quantitative estimate of drug-likeness (QED) is 0.562. The van der Waals surface area contributed by atoms with E-state index >= 15 is 0 Å². The Balaban J connectivity index is 1.58. The molecule has 3 nitrogen and oxygen atoms in total. The second kappa shape index (κ2) is 2.94. The number of hydrogen-bond donors (Lipinski definition) is 0. The highest BCUT2D eigenvalue weighted by Gasteiger charge is 2.57. The van der Waals surface area contributed by atoms with Crippen molar-refractivity contribution in [2.45, 2.75) is 6.04 Å². The van der Waals surface area contributed by atoms with Crippen LogP contribution in [0.2, 0.25) is 0 Å². The zero-order valence-corrected chi connectivity index (χ0v) is 8.28. The summed E-state index contributed by atoms with van der Waals surface area (Å²) in [5.74, 6) is 1.98. The molecule has 74 valence electrons. The molecule has 13 heavy (non-hydrogen) atoms. The predicted molar refractivity (Wildman–Crippen MR) is 50.7 cm³/mol. The zero-order valence-electron chi connectivity index (χ0n) is 8.28. The van der Waals surface area contributed by atoms with Crippen LogP contribution in [0.15, 0.2) is 0 Å². The van der Waals surface area contributed by atoms with Gasteiger partial charge in [-0.15, -0.1) is 0 Å². The highest BCUT2D eigenvalue weighted by molar-refractivity contribution is 5.10. The van der Waals surface area contributed by atoms with Crippen LogP contribution in [0.4, 0.5) is 0 Å². The number of morpholine rings is 1. The Labute approximate surface area is 79.6 Å². The lowest BCUT2D eigenvalue weighted by atomic mass is 10.3. The Morgan fingerprint density at radius 1 is 1.08 bits per heavy atom. The first kappa shape index (κ1) is 8.21. The summed E-state index contributed by atoms with van der Waals surface area (Å²) in [6.07, 6.45) is 0. The van der Waals surface area contributed by atoms with Crippen molar-refractivity contribution in [1.29, 1.82) is 0 Å². The average molecular weight is 182 g/mol. The number of hydrogen-bond acceptors (Lipinski definition) is 3. The van der Waals surface area contributed by atoms with Crippen LogP contribution >= 0.6 is 0 Å². The first-order chi connectivity index (χ1) is 6.36. The van der Waals surface area contributed by atoms with Gasteiger partial charge in [-0.1, -0.05) is 0 Å². The van der Waals surface area contributed by atoms with E-state index in [1.165, 1.54) is 26.2 Å². The van der Waals surface area contributed by atoms with Gasteiger partial charge in [0.2, 0.25) is 0 Å². The molecule has 3 fully saturated rings. The van der Waals surface area contributed by atoms with Gasteiger partial charge in [-0.2, -0.15) is 0 Å². The number of fused-ring (bicyclic) bond motifs is 1. The van der Waals surface area contributed by atoms with Crippen LogP contribution in [-0.2, 0) is 4.74 Å². The molecule has 3 aliphatic rings. The number of likely N-dealkylation sites (tertiary alicyclic amines) is 1. The smallest absolute Gasteiger partial charge is 0.0594 e. The van der Waals surface area contributed by atoms with Gasteiger partial charge in [0.25, 0.3) is 0 Å². The Morgan fingerprint density at radius 3 is 2.31 bits per heavy atom. The molecule has 3 atom stereocenters. The molecular formula is C10H18N2O. The van der Waals surface area contributed by atoms with Gasteiger partial charge in [-0.25, -0.2) is 0 Å². The second-order valence-electron chi connectivity index (χ2n) is 4.69. The van der Waals surface area contributed by atoms with Crippen LogP contribution in [0.3, 0.4) is 0 Å². The third-order valence-electron chi connectivity index (χ3n) is 3.80. The molecule has 0 bridgehead atoms. The molecule has 0 radical (unpaired) electrons. The monoisotopic (exact) mass is 182 g/mol. The molecule has 0 aromatic rings. The summed E-state index contributed by atoms with van der Waals surface area (Å²) in [5, 5.41) is 0. The van der Waals surface area contributed by atoms with Crippen molar-refractivity contribution in [3.8, 4) is 0 Å². The Bertz CT molecular complexity index is 191. The maximum Gasteiger partial charge on any atom is 0.0594 e. The van der Waals surface area contributed by atoms with E-state index in [4.69, 9.17) is 4.74 Å². The van der Waals surface area contributed by atoms with E-state index in [0.717, 1.165) is 31.1 Å². The summed E-state index contributed by atoms with van der Waals surface area (Å²) in [6, 6.07) is 0.917. The summed E-state index contributed by atoms with van der Waals surface area (Å²) in [4.78, 5) is 5.11. The van der Waals surface area contributed by atoms with Crippen molar-refractivity contribution in [2.75, 3.05) is 46.4 Å². The topological polar surface area (TPSA) is 15.7 Å². The molecule has 0 aromatic carbocycles. The van der Waals surface area contributed by atoms with E-state index in [1.54, 1.807) is 0 Å². The van der Waals surface area contributed by atoms with Crippen molar-refractivity contribution in [3.05, 3.63) is 0 Å². The van der Waals surface area contributed by atoms with Gasteiger partial charge in [0.05, 0.1) is 13.2 Å². The number of piperidine rings is 1. The summed E-state index contributed by atoms with van der Waals surface area (Å²) < 4.78 is 5.37. The minimum absolute atomic E-state index is 0.917. The summed E-state index contributed by atoms with van der Waals surface area (Å²) in [7, 11) is 2.24. The summed E-state index contributed by atoms with van der Waals surface area (Å²) in [5.41, 5.74) is 0. The summed E-state index contributed by atoms with van der Waals surface area (Å²) in [6.45, 7) is 6.89. The number of rotatable bonds is 1. The Morgan fingerprint density at radius 2 is 1.69 bits per heavy atom. The molecule has 3 heteroatoms. The third-order valence-corrected chi connectivity index (χ3v) is 3.80. The van der Waals surface area contributed by atoms with Crippen molar-refractivity contribution in [3.63, 3.8) is 0 Å². The molecule has 2 saturated heterocycles. The van der Waals surface area contributed by atoms with Crippen LogP contribution < -0.4 is 0 Å². The van der Waals surface area contributed by atoms with E-state index in [-0.39, 0.29) is 0 Å². The van der Waals surface area contributed by atoms with E-state index in [0.29, 0.717) is 0 Å². The largest absolute Gasteiger partial charge is 0.379 e. The average Bonchev–Trinajstić information content (AvgIpc) is 2.66. The van der Waals surface area contributed by atoms with Crippen molar-refractivity contribution < 1.29 is 4.74 Å². The molecule has 0 spiro atoms. The van der Waals surface area contributed by atoms with Crippen LogP contribution in [0, 0.1) is 11.8 Å². The highest BCUT2D eigenvalue weighted by Crippen LogP contribution is 2.48. The fraction of sp³-hybridized carbons (Fsp3) is 1.00. The van der Waals surface area contributed by atoms with Gasteiger partial charge >= 0.3 is 0 Å². The van der Waals surface area contributed by atoms with Crippen LogP contribution in [0.5, 0.6) is 0 Å². The van der Waals surface area contributed by atoms with Crippen LogP contribution in [-0.4, -0.2) is 62.3 Å². The first-order valence-corrected chi connectivity index (χ1v) is 5.36. The molecule has 0 N–H and O–H groups in total. The second-order valence-corrected chi connectivity index (χ2v) is 4.69. The van der Waals surface area contributed by atoms with Gasteiger partial charge in [0.15, 0.2) is 0 Å². The highest BCUT2D eigenvalue weighted by atomic mass is 16.5. The molecule has 1 aliphatic carbocycles. The zero-order chi connectivity index (χ0) is 8.84. The van der Waals surface area contributed by atoms with Crippen molar-refractivity contribution in [2.24, 2.45) is 11.8 Å². The molecule has 0 aromatic heterocycles. The van der Waals surface area contributed by atoms with Gasteiger partial charge in [0, 0.05) is 32.2 Å². The van der Waals surface area contributed by atoms with Gasteiger partial charge in [-0.3, -0.25) is 4.90 Å². The lowest BCUT2D eigenvalue weighted by Crippen LogP contribution is -2.41. The Kier molecular flexibility index (Phi) is 1.86. The predicted octanol–water partition coefficient (Wildman–Crippen LogP) is -0.121. The number of ether oxygens (including phenoxy) is 1. The van der Waals surface area contributed by atoms with Crippen LogP contribution in [0.25, 0.3) is 0 Å². The minimum atomic E-state index is 0.917. The third kappa shape index (κ3) is 1.30. The fourth-order valence-electron chi connectivity index (χ4n) is 3.12. The van der Waals surface area contributed by atoms with Gasteiger partial charge < -0.3 is 9.64 Å². The first-order valence-electron chi connectivity index (χ1n) is 5.36. The van der Waals surface area contributed by atoms with Crippen LogP contribution in [0.1, 0.15) is 0 Å². The van der Waals surface area contributed by atoms with Gasteiger partial charge in [-0.05, 0) is 18.9 Å². The molecular weight excluding hydrogens is 164 g/mol. The fourth-order valence-corrected chi connectivity index (χ4v) is 3.12. The lowest BCUT2D eigenvalue weighted by Gasteiger charge is -2.29.